The van der Waals surface area contributed by atoms with Crippen LogP contribution >= 0.6 is 0 Å². The van der Waals surface area contributed by atoms with Crippen LogP contribution in [0.3, 0.4) is 0 Å². The van der Waals surface area contributed by atoms with Gasteiger partial charge in [0.2, 0.25) is 0 Å². The molecule has 0 aliphatic carbocycles. The quantitative estimate of drug-likeness (QED) is 0.327. The Kier molecular flexibility index (Phi) is 4.48. The van der Waals surface area contributed by atoms with Gasteiger partial charge in [-0.15, -0.1) is 0 Å². The van der Waals surface area contributed by atoms with E-state index in [2.05, 4.69) is 4.98 Å². The van der Waals surface area contributed by atoms with Crippen LogP contribution in [0.15, 0.2) is 66.7 Å². The van der Waals surface area contributed by atoms with Gasteiger partial charge in [-0.3, -0.25) is 9.59 Å². The smallest absolute Gasteiger partial charge is 0.258 e. The number of hydrogen-bond acceptors (Lipinski definition) is 3. The Morgan fingerprint density at radius 3 is 2.60 bits per heavy atom. The first-order valence-corrected chi connectivity index (χ1v) is 11.4. The molecule has 0 saturated carbocycles. The number of nitrogens with two attached hydrogens (primary N) is 1. The van der Waals surface area contributed by atoms with Gasteiger partial charge in [0.25, 0.3) is 11.8 Å². The van der Waals surface area contributed by atoms with Crippen LogP contribution in [-0.2, 0) is 6.54 Å². The number of carbonyl (C=O) groups is 2. The van der Waals surface area contributed by atoms with Gasteiger partial charge < -0.3 is 20.7 Å². The molecular weight excluding hydrogens is 438 g/mol. The maximum atomic E-state index is 13.3. The molecule has 0 bridgehead atoms. The number of benzene rings is 4. The summed E-state index contributed by atoms with van der Waals surface area (Å²) < 4.78 is 0. The van der Waals surface area contributed by atoms with Crippen molar-refractivity contribution in [2.24, 2.45) is 5.73 Å². The third-order valence-electron chi connectivity index (χ3n) is 6.96. The fourth-order valence-corrected chi connectivity index (χ4v) is 5.25. The van der Waals surface area contributed by atoms with Crippen molar-refractivity contribution in [2.75, 3.05) is 4.90 Å². The van der Waals surface area contributed by atoms with Crippen LogP contribution in [-0.4, -0.2) is 21.9 Å². The average molecular weight is 462 g/mol. The summed E-state index contributed by atoms with van der Waals surface area (Å²) in [5.74, 6) is -0.397. The number of rotatable bonds is 3. The summed E-state index contributed by atoms with van der Waals surface area (Å²) in [6.45, 7) is 4.53. The first kappa shape index (κ1) is 21.0. The van der Waals surface area contributed by atoms with Gasteiger partial charge in [0.05, 0.1) is 23.1 Å². The summed E-state index contributed by atoms with van der Waals surface area (Å²) >= 11 is 0. The Labute approximate surface area is 201 Å². The first-order chi connectivity index (χ1) is 16.8. The number of primary amides is 1. The zero-order chi connectivity index (χ0) is 24.4. The Bertz CT molecular complexity index is 1710. The van der Waals surface area contributed by atoms with Crippen molar-refractivity contribution in [1.82, 2.24) is 4.98 Å². The summed E-state index contributed by atoms with van der Waals surface area (Å²) in [6.07, 6.45) is 0. The van der Waals surface area contributed by atoms with Crippen LogP contribution in [0.25, 0.3) is 32.9 Å². The molecule has 2 amide bonds. The van der Waals surface area contributed by atoms with E-state index in [-0.39, 0.29) is 11.7 Å². The third-order valence-corrected chi connectivity index (χ3v) is 6.96. The van der Waals surface area contributed by atoms with Gasteiger partial charge in [0.15, 0.2) is 0 Å². The van der Waals surface area contributed by atoms with Gasteiger partial charge in [-0.2, -0.15) is 0 Å². The molecule has 1 aliphatic heterocycles. The highest BCUT2D eigenvalue weighted by Crippen LogP contribution is 2.41. The molecule has 0 saturated heterocycles. The van der Waals surface area contributed by atoms with E-state index in [0.717, 1.165) is 49.8 Å². The second-order valence-corrected chi connectivity index (χ2v) is 9.13. The number of aromatic nitrogens is 1. The number of aryl methyl sites for hydroxylation is 1. The zero-order valence-electron chi connectivity index (χ0n) is 19.3. The van der Waals surface area contributed by atoms with Crippen molar-refractivity contribution in [3.63, 3.8) is 0 Å². The van der Waals surface area contributed by atoms with Crippen LogP contribution in [0.5, 0.6) is 5.75 Å². The van der Waals surface area contributed by atoms with Crippen LogP contribution in [0.4, 0.5) is 5.69 Å². The lowest BCUT2D eigenvalue weighted by atomic mass is 9.93. The van der Waals surface area contributed by atoms with Gasteiger partial charge >= 0.3 is 0 Å². The van der Waals surface area contributed by atoms with E-state index >= 15 is 0 Å². The minimum Gasteiger partial charge on any atom is -0.508 e. The topological polar surface area (TPSA) is 99.4 Å². The maximum Gasteiger partial charge on any atom is 0.258 e. The van der Waals surface area contributed by atoms with Crippen molar-refractivity contribution in [3.05, 3.63) is 94.5 Å². The molecule has 1 aromatic heterocycles. The fourth-order valence-electron chi connectivity index (χ4n) is 5.25. The van der Waals surface area contributed by atoms with Crippen molar-refractivity contribution in [2.45, 2.75) is 20.4 Å². The minimum atomic E-state index is -0.529. The van der Waals surface area contributed by atoms with Crippen LogP contribution in [0, 0.1) is 13.8 Å². The molecule has 6 rings (SSSR count). The number of aromatic amines is 1. The minimum absolute atomic E-state index is 0.000688. The average Bonchev–Trinajstić information content (AvgIpc) is 3.36. The summed E-state index contributed by atoms with van der Waals surface area (Å²) in [4.78, 5) is 30.6. The lowest BCUT2D eigenvalue weighted by molar-refractivity contribution is 0.0990. The van der Waals surface area contributed by atoms with Crippen molar-refractivity contribution < 1.29 is 14.7 Å². The van der Waals surface area contributed by atoms with E-state index in [9.17, 15) is 14.7 Å². The molecule has 6 heteroatoms. The summed E-state index contributed by atoms with van der Waals surface area (Å²) in [5.41, 5.74) is 13.9. The predicted molar refractivity (Wildman–Crippen MR) is 138 cm³/mol. The summed E-state index contributed by atoms with van der Waals surface area (Å²) in [7, 11) is 0. The molecule has 6 nitrogen and oxygen atoms in total. The van der Waals surface area contributed by atoms with E-state index in [1.54, 1.807) is 18.2 Å². The fraction of sp³-hybridized carbons (Fsp3) is 0.103. The molecule has 1 aliphatic rings. The number of phenolic OH excluding ortho intramolecular Hbond substituents is 1. The monoisotopic (exact) mass is 461 g/mol. The normalized spacial score (nSPS) is 13.1. The van der Waals surface area contributed by atoms with E-state index in [1.807, 2.05) is 67.3 Å². The Morgan fingerprint density at radius 2 is 1.80 bits per heavy atom. The molecule has 4 N–H and O–H groups in total. The van der Waals surface area contributed by atoms with Crippen LogP contribution in [0.1, 0.15) is 37.4 Å². The van der Waals surface area contributed by atoms with Gasteiger partial charge in [-0.05, 0) is 66.4 Å². The molecule has 172 valence electrons. The van der Waals surface area contributed by atoms with Crippen LogP contribution in [0.2, 0.25) is 0 Å². The number of amides is 2. The zero-order valence-corrected chi connectivity index (χ0v) is 19.3. The molecule has 0 radical (unpaired) electrons. The number of nitrogens with zero attached hydrogens (tertiary/aromatic N) is 1. The lowest BCUT2D eigenvalue weighted by Gasteiger charge is -2.21. The number of H-pyrrole nitrogens is 1. The van der Waals surface area contributed by atoms with Crippen molar-refractivity contribution in [3.8, 4) is 16.9 Å². The molecule has 35 heavy (non-hydrogen) atoms. The Hall–Kier alpha value is -4.58. The van der Waals surface area contributed by atoms with Gasteiger partial charge in [-0.1, -0.05) is 35.9 Å². The van der Waals surface area contributed by atoms with E-state index in [4.69, 9.17) is 5.73 Å². The van der Waals surface area contributed by atoms with Gasteiger partial charge in [0, 0.05) is 28.1 Å². The van der Waals surface area contributed by atoms with Crippen LogP contribution < -0.4 is 10.6 Å². The number of phenols is 1. The molecular formula is C29H23N3O3. The van der Waals surface area contributed by atoms with Gasteiger partial charge in [0.1, 0.15) is 5.75 Å². The number of hydrogen-bond donors (Lipinski definition) is 3. The highest BCUT2D eigenvalue weighted by Gasteiger charge is 2.30. The molecule has 0 spiro atoms. The predicted octanol–water partition coefficient (Wildman–Crippen LogP) is 5.57. The molecule has 0 fully saturated rings. The number of nitrogens with one attached hydrogen (secondary N) is 1. The summed E-state index contributed by atoms with van der Waals surface area (Å²) in [6, 6.07) is 20.7. The molecule has 0 atom stereocenters. The lowest BCUT2D eigenvalue weighted by Crippen LogP contribution is -2.24. The highest BCUT2D eigenvalue weighted by molar-refractivity contribution is 6.20. The maximum absolute atomic E-state index is 13.3. The highest BCUT2D eigenvalue weighted by atomic mass is 16.3. The molecule has 5 aromatic rings. The number of anilines is 1. The molecule has 0 unspecified atom stereocenters. The third kappa shape index (κ3) is 3.10. The Balaban J connectivity index is 1.56. The number of carbonyl (C=O) groups excluding carboxylic acids is 2. The second kappa shape index (κ2) is 7.46. The standard InChI is InChI=1S/C29H23N3O3/c1-15-6-7-17-14-32(29(35)23(17)12-15)25-5-3-4-19(16(25)2)20-10-11-22(28(30)34)27-26(20)21-9-8-18(33)13-24(21)31-27/h3-13,31,33H,14H2,1-2H3,(H2,30,34). The van der Waals surface area contributed by atoms with E-state index < -0.39 is 5.91 Å². The SMILES string of the molecule is Cc1ccc2c(c1)C(=O)N(c1cccc(-c3ccc(C(N)=O)c4[nH]c5cc(O)ccc5c34)c1C)C2. The second-order valence-electron chi connectivity index (χ2n) is 9.13. The first-order valence-electron chi connectivity index (χ1n) is 11.4. The largest absolute Gasteiger partial charge is 0.508 e. The van der Waals surface area contributed by atoms with Crippen molar-refractivity contribution in [1.29, 1.82) is 0 Å². The van der Waals surface area contributed by atoms with E-state index in [0.29, 0.717) is 23.1 Å². The van der Waals surface area contributed by atoms with Gasteiger partial charge in [-0.25, -0.2) is 0 Å². The summed E-state index contributed by atoms with van der Waals surface area (Å²) in [5, 5.41) is 11.7. The van der Waals surface area contributed by atoms with E-state index in [1.165, 1.54) is 0 Å². The van der Waals surface area contributed by atoms with Crippen molar-refractivity contribution >= 4 is 39.3 Å². The number of fused-ring (bicyclic) bond motifs is 4. The number of aromatic hydroxyl groups is 1. The Morgan fingerprint density at radius 1 is 0.971 bits per heavy atom. The molecule has 2 heterocycles. The molecule has 4 aromatic carbocycles.